The van der Waals surface area contributed by atoms with Gasteiger partial charge in [-0.2, -0.15) is 0 Å². The number of para-hydroxylation sites is 1. The number of rotatable bonds is 11. The number of benzene rings is 4. The number of anilines is 1. The van der Waals surface area contributed by atoms with Gasteiger partial charge in [-0.15, -0.1) is 0 Å². The van der Waals surface area contributed by atoms with Crippen molar-refractivity contribution >= 4 is 39.1 Å². The topological polar surface area (TPSA) is 129 Å². The van der Waals surface area contributed by atoms with E-state index in [-0.39, 0.29) is 18.9 Å². The molecule has 5 rings (SSSR count). The molecule has 0 aromatic heterocycles. The van der Waals surface area contributed by atoms with E-state index in [2.05, 4.69) is 31.3 Å². The molecule has 1 aliphatic heterocycles. The van der Waals surface area contributed by atoms with Crippen molar-refractivity contribution in [3.8, 4) is 5.75 Å². The van der Waals surface area contributed by atoms with Crippen molar-refractivity contribution in [1.29, 1.82) is 0 Å². The van der Waals surface area contributed by atoms with Gasteiger partial charge in [-0.3, -0.25) is 4.79 Å². The van der Waals surface area contributed by atoms with E-state index in [9.17, 15) is 10.3 Å². The molecule has 2 atom stereocenters. The maximum Gasteiger partial charge on any atom is 0.257 e. The zero-order chi connectivity index (χ0) is 29.4. The van der Waals surface area contributed by atoms with Crippen LogP contribution in [0.4, 0.5) is 11.4 Å². The Morgan fingerprint density at radius 1 is 1.02 bits per heavy atom. The number of halogens is 1. The largest absolute Gasteiger partial charge is 0.494 e. The van der Waals surface area contributed by atoms with Crippen LogP contribution in [0.1, 0.15) is 29.2 Å². The fourth-order valence-corrected chi connectivity index (χ4v) is 5.30. The highest BCUT2D eigenvalue weighted by Gasteiger charge is 2.54. The highest BCUT2D eigenvalue weighted by molar-refractivity contribution is 9.10. The van der Waals surface area contributed by atoms with Crippen molar-refractivity contribution in [2.75, 3.05) is 18.5 Å². The summed E-state index contributed by atoms with van der Waals surface area (Å²) < 4.78 is 13.0. The first kappa shape index (κ1) is 28.9. The molecule has 0 fully saturated rings. The van der Waals surface area contributed by atoms with Gasteiger partial charge < -0.3 is 19.9 Å². The lowest BCUT2D eigenvalue weighted by molar-refractivity contribution is -0.123. The number of hydrogen-bond donors (Lipinski definition) is 2. The fourth-order valence-electron chi connectivity index (χ4n) is 4.80. The number of nitrogens with zero attached hydrogens (tertiary/aromatic N) is 4. The Labute approximate surface area is 251 Å². The summed E-state index contributed by atoms with van der Waals surface area (Å²) in [5, 5.41) is 16.0. The number of aliphatic imine (C=N–C) groups is 1. The summed E-state index contributed by atoms with van der Waals surface area (Å²) >= 11 is 3.65. The highest BCUT2D eigenvalue weighted by atomic mass is 79.9. The normalized spacial score (nSPS) is 17.5. The third-order valence-corrected chi connectivity index (χ3v) is 7.58. The Kier molecular flexibility index (Phi) is 9.18. The van der Waals surface area contributed by atoms with E-state index in [1.54, 1.807) is 24.3 Å². The van der Waals surface area contributed by atoms with Crippen LogP contribution in [0.3, 0.4) is 0 Å². The average molecular weight is 627 g/mol. The van der Waals surface area contributed by atoms with Gasteiger partial charge in [0.15, 0.2) is 11.6 Å². The van der Waals surface area contributed by atoms with Crippen molar-refractivity contribution in [3.63, 3.8) is 0 Å². The van der Waals surface area contributed by atoms with Crippen LogP contribution in [-0.4, -0.2) is 35.7 Å². The van der Waals surface area contributed by atoms with Crippen LogP contribution in [0.2, 0.25) is 0 Å². The monoisotopic (exact) mass is 625 g/mol. The minimum Gasteiger partial charge on any atom is -0.494 e. The van der Waals surface area contributed by atoms with E-state index >= 15 is 0 Å². The van der Waals surface area contributed by atoms with Crippen molar-refractivity contribution in [2.45, 2.75) is 24.5 Å². The lowest BCUT2D eigenvalue weighted by Gasteiger charge is -2.31. The van der Waals surface area contributed by atoms with Crippen LogP contribution in [0, 0.1) is 0 Å². The molecule has 42 heavy (non-hydrogen) atoms. The minimum absolute atomic E-state index is 0.0507. The zero-order valence-corrected chi connectivity index (χ0v) is 24.1. The van der Waals surface area contributed by atoms with Crippen LogP contribution < -0.4 is 10.1 Å². The first-order chi connectivity index (χ1) is 20.5. The SMILES string of the molecule is [N-]=[N+]=Nc1ccccc1C[C@@]1(C(=O)Nc2ccccc2)N=C(c2ccc(OCCCO)cc2)O[C@@H]1c1ccccc1Br. The number of nitrogens with one attached hydrogen (secondary N) is 1. The van der Waals surface area contributed by atoms with Gasteiger partial charge in [-0.05, 0) is 53.6 Å². The fraction of sp³-hybridized carbons (Fsp3) is 0.188. The number of aliphatic hydroxyl groups is 1. The third kappa shape index (κ3) is 6.31. The minimum atomic E-state index is -1.48. The van der Waals surface area contributed by atoms with Crippen LogP contribution in [0.5, 0.6) is 5.75 Å². The number of azide groups is 1. The summed E-state index contributed by atoms with van der Waals surface area (Å²) in [6, 6.07) is 31.1. The summed E-state index contributed by atoms with van der Waals surface area (Å²) in [5.41, 5.74) is 10.8. The average Bonchev–Trinajstić information content (AvgIpc) is 3.40. The molecule has 0 bridgehead atoms. The molecule has 4 aromatic rings. The maximum atomic E-state index is 14.4. The molecule has 1 heterocycles. The van der Waals surface area contributed by atoms with Gasteiger partial charge in [0.1, 0.15) is 5.75 Å². The van der Waals surface area contributed by atoms with Gasteiger partial charge in [0.25, 0.3) is 5.91 Å². The first-order valence-corrected chi connectivity index (χ1v) is 14.2. The molecule has 2 N–H and O–H groups in total. The standard InChI is InChI=1S/C32H28BrN5O4/c33-27-13-6-5-12-26(27)29-32(31(40)35-24-10-2-1-3-11-24,21-23-9-4-7-14-28(23)37-38-34)36-30(42-29)22-15-17-25(18-16-22)41-20-8-19-39/h1-7,9-18,29,39H,8,19-21H2,(H,35,40)/t29-,32-/m1/s1. The van der Waals surface area contributed by atoms with Crippen LogP contribution in [0.25, 0.3) is 10.4 Å². The van der Waals surface area contributed by atoms with Crippen molar-refractivity contribution in [2.24, 2.45) is 10.1 Å². The highest BCUT2D eigenvalue weighted by Crippen LogP contribution is 2.46. The second-order valence-corrected chi connectivity index (χ2v) is 10.5. The molecule has 212 valence electrons. The molecule has 4 aromatic carbocycles. The lowest BCUT2D eigenvalue weighted by Crippen LogP contribution is -2.46. The van der Waals surface area contributed by atoms with Crippen LogP contribution >= 0.6 is 15.9 Å². The Morgan fingerprint density at radius 3 is 2.48 bits per heavy atom. The first-order valence-electron chi connectivity index (χ1n) is 13.4. The summed E-state index contributed by atoms with van der Waals surface area (Å²) in [6.45, 7) is 0.444. The molecule has 0 saturated carbocycles. The van der Waals surface area contributed by atoms with E-state index in [4.69, 9.17) is 19.6 Å². The van der Waals surface area contributed by atoms with Crippen LogP contribution in [0.15, 0.2) is 118 Å². The Bertz CT molecular complexity index is 1620. The molecule has 1 amide bonds. The van der Waals surface area contributed by atoms with E-state index in [0.29, 0.717) is 47.2 Å². The number of aliphatic hydroxyl groups excluding tert-OH is 1. The predicted octanol–water partition coefficient (Wildman–Crippen LogP) is 7.29. The van der Waals surface area contributed by atoms with E-state index in [1.807, 2.05) is 78.9 Å². The Balaban J connectivity index is 1.64. The number of hydrogen-bond acceptors (Lipinski definition) is 6. The Morgan fingerprint density at radius 2 is 1.74 bits per heavy atom. The van der Waals surface area contributed by atoms with Crippen LogP contribution in [-0.2, 0) is 16.0 Å². The molecule has 10 heteroatoms. The number of carbonyl (C=O) groups is 1. The van der Waals surface area contributed by atoms with E-state index < -0.39 is 11.6 Å². The van der Waals surface area contributed by atoms with Crippen molar-refractivity contribution in [3.05, 3.63) is 135 Å². The van der Waals surface area contributed by atoms with Gasteiger partial charge in [0.05, 0.1) is 6.61 Å². The second-order valence-electron chi connectivity index (χ2n) is 9.63. The van der Waals surface area contributed by atoms with Gasteiger partial charge >= 0.3 is 0 Å². The van der Waals surface area contributed by atoms with Gasteiger partial charge in [0, 0.05) is 51.3 Å². The number of amides is 1. The zero-order valence-electron chi connectivity index (χ0n) is 22.6. The molecule has 0 aliphatic carbocycles. The summed E-state index contributed by atoms with van der Waals surface area (Å²) in [6.07, 6.45) is -0.202. The molecule has 0 radical (unpaired) electrons. The summed E-state index contributed by atoms with van der Waals surface area (Å²) in [7, 11) is 0. The summed E-state index contributed by atoms with van der Waals surface area (Å²) in [4.78, 5) is 22.5. The van der Waals surface area contributed by atoms with E-state index in [0.717, 1.165) is 10.0 Å². The molecule has 0 saturated heterocycles. The van der Waals surface area contributed by atoms with Crippen molar-refractivity contribution in [1.82, 2.24) is 0 Å². The molecule has 0 spiro atoms. The molecule has 0 unspecified atom stereocenters. The second kappa shape index (κ2) is 13.4. The quantitative estimate of drug-likeness (QED) is 0.0784. The molecule has 1 aliphatic rings. The summed E-state index contributed by atoms with van der Waals surface area (Å²) in [5.74, 6) is 0.566. The smallest absolute Gasteiger partial charge is 0.257 e. The predicted molar refractivity (Wildman–Crippen MR) is 165 cm³/mol. The lowest BCUT2D eigenvalue weighted by atomic mass is 9.81. The number of carbonyl (C=O) groups excluding carboxylic acids is 1. The van der Waals surface area contributed by atoms with Crippen molar-refractivity contribution < 1.29 is 19.4 Å². The molecular formula is C32H28BrN5O4. The van der Waals surface area contributed by atoms with Gasteiger partial charge in [0.2, 0.25) is 5.90 Å². The van der Waals surface area contributed by atoms with Gasteiger partial charge in [-0.1, -0.05) is 81.7 Å². The Hall–Kier alpha value is -4.63. The van der Waals surface area contributed by atoms with E-state index in [1.165, 1.54) is 0 Å². The molecule has 9 nitrogen and oxygen atoms in total. The van der Waals surface area contributed by atoms with Gasteiger partial charge in [-0.25, -0.2) is 4.99 Å². The maximum absolute atomic E-state index is 14.4. The third-order valence-electron chi connectivity index (χ3n) is 6.85. The number of ether oxygens (including phenoxy) is 2. The molecular weight excluding hydrogens is 598 g/mol.